The van der Waals surface area contributed by atoms with Gasteiger partial charge in [0.1, 0.15) is 10.6 Å². The molecule has 0 saturated heterocycles. The third-order valence-corrected chi connectivity index (χ3v) is 8.37. The van der Waals surface area contributed by atoms with E-state index in [0.29, 0.717) is 22.7 Å². The van der Waals surface area contributed by atoms with Gasteiger partial charge in [0.15, 0.2) is 0 Å². The molecule has 0 spiro atoms. The fraction of sp³-hybridized carbons (Fsp3) is 0.133. The number of amides is 1. The third-order valence-electron chi connectivity index (χ3n) is 6.10. The highest BCUT2D eigenvalue weighted by molar-refractivity contribution is 7.93. The van der Waals surface area contributed by atoms with E-state index in [4.69, 9.17) is 21.1 Å². The van der Waals surface area contributed by atoms with Crippen molar-refractivity contribution in [1.82, 2.24) is 0 Å². The van der Waals surface area contributed by atoms with Crippen LogP contribution in [0.4, 0.5) is 11.4 Å². The van der Waals surface area contributed by atoms with Gasteiger partial charge >= 0.3 is 5.97 Å². The first kappa shape index (κ1) is 28.7. The first-order valence-electron chi connectivity index (χ1n) is 12.2. The summed E-state index contributed by atoms with van der Waals surface area (Å²) in [7, 11) is -1.25. The molecule has 0 saturated carbocycles. The van der Waals surface area contributed by atoms with Gasteiger partial charge in [-0.15, -0.1) is 0 Å². The number of halogens is 1. The normalized spacial score (nSPS) is 11.8. The lowest BCUT2D eigenvalue weighted by Gasteiger charge is -2.21. The number of rotatable bonds is 9. The molecule has 4 aromatic rings. The van der Waals surface area contributed by atoms with Crippen LogP contribution in [0.15, 0.2) is 102 Å². The van der Waals surface area contributed by atoms with Gasteiger partial charge in [0.25, 0.3) is 15.9 Å². The fourth-order valence-electron chi connectivity index (χ4n) is 3.95. The van der Waals surface area contributed by atoms with Crippen molar-refractivity contribution in [2.45, 2.75) is 17.9 Å². The molecular formula is C30H27ClN2O6S. The van der Waals surface area contributed by atoms with Crippen LogP contribution in [0.2, 0.25) is 5.02 Å². The topological polar surface area (TPSA) is 102 Å². The maximum atomic E-state index is 13.4. The SMILES string of the molecule is COc1ccc(C)cc1NC(=O)[C@H](OC(=O)c1ccc(Cl)c(S(=O)(=O)N(C)c2ccccc2)c1)c1ccccc1. The number of nitrogens with one attached hydrogen (secondary N) is 1. The van der Waals surface area contributed by atoms with Gasteiger partial charge in [0.05, 0.1) is 29.1 Å². The molecule has 206 valence electrons. The highest BCUT2D eigenvalue weighted by Gasteiger charge is 2.29. The average molecular weight is 579 g/mol. The van der Waals surface area contributed by atoms with Crippen LogP contribution in [0.3, 0.4) is 0 Å². The largest absolute Gasteiger partial charge is 0.495 e. The minimum Gasteiger partial charge on any atom is -0.495 e. The quantitative estimate of drug-likeness (QED) is 0.244. The van der Waals surface area contributed by atoms with Gasteiger partial charge in [0, 0.05) is 12.6 Å². The molecule has 0 aliphatic heterocycles. The van der Waals surface area contributed by atoms with Gasteiger partial charge in [0.2, 0.25) is 6.10 Å². The lowest BCUT2D eigenvalue weighted by Crippen LogP contribution is -2.28. The second-order valence-corrected chi connectivity index (χ2v) is 11.2. The fourth-order valence-corrected chi connectivity index (χ4v) is 5.64. The van der Waals surface area contributed by atoms with Crippen LogP contribution < -0.4 is 14.4 Å². The van der Waals surface area contributed by atoms with E-state index in [0.717, 1.165) is 15.9 Å². The monoisotopic (exact) mass is 578 g/mol. The number of aryl methyl sites for hydroxylation is 1. The summed E-state index contributed by atoms with van der Waals surface area (Å²) in [5.41, 5.74) is 2.05. The number of sulfonamides is 1. The Morgan fingerprint density at radius 1 is 0.900 bits per heavy atom. The number of benzene rings is 4. The number of nitrogens with zero attached hydrogens (tertiary/aromatic N) is 1. The summed E-state index contributed by atoms with van der Waals surface area (Å²) in [6.45, 7) is 1.87. The molecule has 0 bridgehead atoms. The summed E-state index contributed by atoms with van der Waals surface area (Å²) < 4.78 is 38.9. The van der Waals surface area contributed by atoms with Crippen LogP contribution in [-0.4, -0.2) is 34.5 Å². The maximum absolute atomic E-state index is 13.4. The zero-order valence-corrected chi connectivity index (χ0v) is 23.6. The highest BCUT2D eigenvalue weighted by atomic mass is 35.5. The van der Waals surface area contributed by atoms with Crippen molar-refractivity contribution in [3.05, 3.63) is 119 Å². The Hall–Kier alpha value is -4.34. The number of hydrogen-bond acceptors (Lipinski definition) is 6. The van der Waals surface area contributed by atoms with E-state index >= 15 is 0 Å². The molecule has 0 aromatic heterocycles. The van der Waals surface area contributed by atoms with Gasteiger partial charge < -0.3 is 14.8 Å². The van der Waals surface area contributed by atoms with E-state index < -0.39 is 28.0 Å². The van der Waals surface area contributed by atoms with Gasteiger partial charge in [-0.3, -0.25) is 9.10 Å². The molecule has 40 heavy (non-hydrogen) atoms. The Balaban J connectivity index is 1.65. The van der Waals surface area contributed by atoms with E-state index in [1.807, 2.05) is 13.0 Å². The molecule has 0 aliphatic rings. The Morgan fingerprint density at radius 3 is 2.20 bits per heavy atom. The molecule has 1 atom stereocenters. The molecule has 0 fully saturated rings. The highest BCUT2D eigenvalue weighted by Crippen LogP contribution is 2.31. The van der Waals surface area contributed by atoms with Crippen LogP contribution in [0.5, 0.6) is 5.75 Å². The van der Waals surface area contributed by atoms with Crippen molar-refractivity contribution in [3.8, 4) is 5.75 Å². The first-order valence-corrected chi connectivity index (χ1v) is 14.0. The second-order valence-electron chi connectivity index (χ2n) is 8.84. The predicted molar refractivity (Wildman–Crippen MR) is 154 cm³/mol. The lowest BCUT2D eigenvalue weighted by molar-refractivity contribution is -0.125. The zero-order valence-electron chi connectivity index (χ0n) is 22.0. The molecule has 0 radical (unpaired) electrons. The van der Waals surface area contributed by atoms with Crippen LogP contribution in [0.1, 0.15) is 27.6 Å². The molecule has 8 nitrogen and oxygen atoms in total. The number of carbonyl (C=O) groups is 2. The number of methoxy groups -OCH3 is 1. The average Bonchev–Trinajstić information content (AvgIpc) is 2.96. The van der Waals surface area contributed by atoms with E-state index in [1.165, 1.54) is 26.3 Å². The number of hydrogen-bond donors (Lipinski definition) is 1. The van der Waals surface area contributed by atoms with Crippen LogP contribution in [0, 0.1) is 6.92 Å². The summed E-state index contributed by atoms with van der Waals surface area (Å²) in [5.74, 6) is -1.09. The molecule has 0 unspecified atom stereocenters. The van der Waals surface area contributed by atoms with Gasteiger partial charge in [-0.2, -0.15) is 0 Å². The Bertz CT molecular complexity index is 1630. The minimum atomic E-state index is -4.13. The van der Waals surface area contributed by atoms with E-state index in [2.05, 4.69) is 5.32 Å². The molecule has 1 N–H and O–H groups in total. The molecule has 4 aromatic carbocycles. The van der Waals surface area contributed by atoms with Gasteiger partial charge in [-0.1, -0.05) is 66.2 Å². The van der Waals surface area contributed by atoms with Crippen molar-refractivity contribution < 1.29 is 27.5 Å². The van der Waals surface area contributed by atoms with E-state index in [-0.39, 0.29) is 15.5 Å². The van der Waals surface area contributed by atoms with Gasteiger partial charge in [-0.25, -0.2) is 13.2 Å². The molecule has 0 aliphatic carbocycles. The van der Waals surface area contributed by atoms with Crippen molar-refractivity contribution in [2.75, 3.05) is 23.8 Å². The van der Waals surface area contributed by atoms with Crippen LogP contribution >= 0.6 is 11.6 Å². The molecule has 10 heteroatoms. The van der Waals surface area contributed by atoms with Crippen LogP contribution in [-0.2, 0) is 19.6 Å². The van der Waals surface area contributed by atoms with E-state index in [1.54, 1.807) is 72.8 Å². The summed E-state index contributed by atoms with van der Waals surface area (Å²) in [6, 6.07) is 26.0. The number of anilines is 2. The minimum absolute atomic E-state index is 0.0665. The van der Waals surface area contributed by atoms with Crippen molar-refractivity contribution in [1.29, 1.82) is 0 Å². The molecule has 4 rings (SSSR count). The Morgan fingerprint density at radius 2 is 1.55 bits per heavy atom. The van der Waals surface area contributed by atoms with Crippen molar-refractivity contribution in [2.24, 2.45) is 0 Å². The maximum Gasteiger partial charge on any atom is 0.339 e. The Kier molecular flexibility index (Phi) is 8.77. The number of esters is 1. The Labute approximate surface area is 238 Å². The molecular weight excluding hydrogens is 552 g/mol. The lowest BCUT2D eigenvalue weighted by atomic mass is 10.1. The number of ether oxygens (including phenoxy) is 2. The van der Waals surface area contributed by atoms with Crippen molar-refractivity contribution in [3.63, 3.8) is 0 Å². The van der Waals surface area contributed by atoms with E-state index in [9.17, 15) is 18.0 Å². The van der Waals surface area contributed by atoms with Crippen LogP contribution in [0.25, 0.3) is 0 Å². The van der Waals surface area contributed by atoms with Crippen molar-refractivity contribution >= 4 is 44.9 Å². The number of para-hydroxylation sites is 1. The summed E-state index contributed by atoms with van der Waals surface area (Å²) in [6.07, 6.45) is -1.35. The molecule has 0 heterocycles. The van der Waals surface area contributed by atoms with Gasteiger partial charge in [-0.05, 0) is 55.0 Å². The first-order chi connectivity index (χ1) is 19.1. The molecule has 1 amide bonds. The third kappa shape index (κ3) is 6.27. The standard InChI is InChI=1S/C30H27ClN2O6S/c1-20-14-17-26(38-3)25(18-20)32-29(34)28(21-10-6-4-7-11-21)39-30(35)22-15-16-24(31)27(19-22)40(36,37)33(2)23-12-8-5-9-13-23/h4-19,28H,1-3H3,(H,32,34)/t28-/m1/s1. The zero-order chi connectivity index (χ0) is 28.9. The predicted octanol–water partition coefficient (Wildman–Crippen LogP) is 6.02. The summed E-state index contributed by atoms with van der Waals surface area (Å²) in [4.78, 5) is 26.5. The smallest absolute Gasteiger partial charge is 0.339 e. The summed E-state index contributed by atoms with van der Waals surface area (Å²) >= 11 is 6.27. The summed E-state index contributed by atoms with van der Waals surface area (Å²) in [5, 5.41) is 2.70. The number of carbonyl (C=O) groups excluding carboxylic acids is 2. The second kappa shape index (κ2) is 12.2.